The Morgan fingerprint density at radius 1 is 0.914 bits per heavy atom. The minimum atomic E-state index is -1.12. The van der Waals surface area contributed by atoms with Crippen LogP contribution in [-0.4, -0.2) is 36.1 Å². The van der Waals surface area contributed by atoms with Gasteiger partial charge in [0.1, 0.15) is 23.0 Å². The lowest BCUT2D eigenvalue weighted by molar-refractivity contribution is -0.132. The Balaban J connectivity index is 2.02. The van der Waals surface area contributed by atoms with E-state index >= 15 is 0 Å². The van der Waals surface area contributed by atoms with E-state index in [4.69, 9.17) is 44.3 Å². The fourth-order valence-corrected chi connectivity index (χ4v) is 4.73. The number of anilines is 1. The number of hydrogen-bond donors (Lipinski definition) is 2. The molecule has 1 fully saturated rings. The highest BCUT2D eigenvalue weighted by atomic mass is 35.5. The van der Waals surface area contributed by atoms with Crippen molar-refractivity contribution in [1.82, 2.24) is 0 Å². The monoisotopic (exact) mass is 533 g/mol. The van der Waals surface area contributed by atoms with Crippen molar-refractivity contribution in [1.29, 1.82) is 0 Å². The van der Waals surface area contributed by atoms with E-state index in [0.717, 1.165) is 4.90 Å². The normalized spacial score (nSPS) is 17.1. The van der Waals surface area contributed by atoms with E-state index in [9.17, 15) is 19.8 Å². The van der Waals surface area contributed by atoms with Gasteiger partial charge in [0.15, 0.2) is 0 Å². The van der Waals surface area contributed by atoms with E-state index in [0.29, 0.717) is 11.3 Å². The number of methoxy groups -OCH3 is 2. The molecule has 1 aliphatic rings. The number of halogens is 3. The molecule has 1 amide bonds. The molecule has 3 aromatic rings. The quantitative estimate of drug-likeness (QED) is 0.237. The minimum Gasteiger partial charge on any atom is -0.508 e. The summed E-state index contributed by atoms with van der Waals surface area (Å²) in [7, 11) is 2.79. The number of aliphatic hydroxyl groups excluding tert-OH is 1. The van der Waals surface area contributed by atoms with Gasteiger partial charge in [-0.1, -0.05) is 46.9 Å². The molecule has 3 aromatic carbocycles. The number of ether oxygens (including phenoxy) is 2. The summed E-state index contributed by atoms with van der Waals surface area (Å²) in [4.78, 5) is 27.7. The van der Waals surface area contributed by atoms with Crippen LogP contribution in [0.5, 0.6) is 17.2 Å². The highest BCUT2D eigenvalue weighted by Crippen LogP contribution is 2.45. The Labute approximate surface area is 215 Å². The molecular weight excluding hydrogens is 517 g/mol. The summed E-state index contributed by atoms with van der Waals surface area (Å²) in [5.74, 6) is -2.04. The zero-order valence-corrected chi connectivity index (χ0v) is 20.6. The summed E-state index contributed by atoms with van der Waals surface area (Å²) < 4.78 is 10.6. The van der Waals surface area contributed by atoms with Crippen molar-refractivity contribution in [3.8, 4) is 17.2 Å². The van der Waals surface area contributed by atoms with E-state index in [1.165, 1.54) is 56.7 Å². The van der Waals surface area contributed by atoms with Crippen molar-refractivity contribution in [3.63, 3.8) is 0 Å². The summed E-state index contributed by atoms with van der Waals surface area (Å²) in [5, 5.41) is 22.1. The molecular formula is C25H18Cl3NO6. The number of rotatable bonds is 5. The van der Waals surface area contributed by atoms with E-state index in [1.54, 1.807) is 12.1 Å². The van der Waals surface area contributed by atoms with E-state index in [1.807, 2.05) is 0 Å². The third kappa shape index (κ3) is 4.50. The number of hydrogen-bond acceptors (Lipinski definition) is 6. The van der Waals surface area contributed by atoms with Gasteiger partial charge >= 0.3 is 0 Å². The van der Waals surface area contributed by atoms with Crippen molar-refractivity contribution in [3.05, 3.63) is 86.4 Å². The fraction of sp³-hybridized carbons (Fsp3) is 0.120. The Bertz CT molecular complexity index is 1370. The number of amides is 1. The Morgan fingerprint density at radius 3 is 2.17 bits per heavy atom. The third-order valence-electron chi connectivity index (χ3n) is 5.48. The second-order valence-electron chi connectivity index (χ2n) is 7.58. The van der Waals surface area contributed by atoms with Gasteiger partial charge < -0.3 is 19.7 Å². The van der Waals surface area contributed by atoms with Crippen LogP contribution in [0.4, 0.5) is 5.69 Å². The van der Waals surface area contributed by atoms with E-state index in [-0.39, 0.29) is 43.4 Å². The minimum absolute atomic E-state index is 0.0746. The largest absolute Gasteiger partial charge is 0.508 e. The number of carbonyl (C=O) groups is 2. The van der Waals surface area contributed by atoms with Crippen LogP contribution in [0.2, 0.25) is 15.1 Å². The van der Waals surface area contributed by atoms with E-state index < -0.39 is 23.5 Å². The number of nitrogens with zero attached hydrogens (tertiary/aromatic N) is 1. The van der Waals surface area contributed by atoms with Crippen LogP contribution in [0, 0.1) is 0 Å². The van der Waals surface area contributed by atoms with Crippen LogP contribution >= 0.6 is 34.8 Å². The number of ketones is 1. The van der Waals surface area contributed by atoms with Crippen LogP contribution in [0.3, 0.4) is 0 Å². The van der Waals surface area contributed by atoms with Crippen LogP contribution < -0.4 is 14.4 Å². The maximum absolute atomic E-state index is 13.3. The number of benzene rings is 3. The predicted octanol–water partition coefficient (Wildman–Crippen LogP) is 6.00. The summed E-state index contributed by atoms with van der Waals surface area (Å²) >= 11 is 18.6. The van der Waals surface area contributed by atoms with Gasteiger partial charge in [-0.3, -0.25) is 14.5 Å². The first-order valence-corrected chi connectivity index (χ1v) is 11.3. The van der Waals surface area contributed by atoms with Gasteiger partial charge in [-0.05, 0) is 42.0 Å². The molecule has 0 spiro atoms. The first-order valence-electron chi connectivity index (χ1n) is 10.1. The molecule has 4 rings (SSSR count). The number of phenols is 1. The Kier molecular flexibility index (Phi) is 6.85. The summed E-state index contributed by atoms with van der Waals surface area (Å²) in [6.07, 6.45) is 0. The van der Waals surface area contributed by atoms with Crippen LogP contribution in [0.1, 0.15) is 17.2 Å². The number of aliphatic hydroxyl groups is 1. The fourth-order valence-electron chi connectivity index (χ4n) is 3.98. The average Bonchev–Trinajstić information content (AvgIpc) is 3.08. The molecule has 180 valence electrons. The molecule has 35 heavy (non-hydrogen) atoms. The molecule has 0 aliphatic carbocycles. The SMILES string of the molecule is COc1cc(OC)c(/C(O)=C2\C(=O)C(=O)N(c3cc(Cl)cc(Cl)c3)C2c2cccc(O)c2)cc1Cl. The number of carbonyl (C=O) groups excluding carboxylic acids is 2. The zero-order chi connectivity index (χ0) is 25.4. The summed E-state index contributed by atoms with van der Waals surface area (Å²) in [6.45, 7) is 0. The van der Waals surface area contributed by atoms with Gasteiger partial charge in [-0.25, -0.2) is 0 Å². The second-order valence-corrected chi connectivity index (χ2v) is 8.86. The first kappa shape index (κ1) is 24.7. The van der Waals surface area contributed by atoms with Gasteiger partial charge in [-0.2, -0.15) is 0 Å². The summed E-state index contributed by atoms with van der Waals surface area (Å²) in [5.41, 5.74) is 0.430. The van der Waals surface area contributed by atoms with Crippen LogP contribution in [-0.2, 0) is 9.59 Å². The molecule has 1 heterocycles. The molecule has 1 atom stereocenters. The average molecular weight is 535 g/mol. The van der Waals surface area contributed by atoms with Gasteiger partial charge in [0, 0.05) is 21.8 Å². The molecule has 10 heteroatoms. The first-order chi connectivity index (χ1) is 16.7. The Hall–Kier alpha value is -3.39. The lowest BCUT2D eigenvalue weighted by Crippen LogP contribution is -2.29. The molecule has 1 aliphatic heterocycles. The maximum atomic E-state index is 13.3. The maximum Gasteiger partial charge on any atom is 0.300 e. The molecule has 1 saturated heterocycles. The topological polar surface area (TPSA) is 96.3 Å². The number of phenolic OH excluding ortho intramolecular Hbond substituents is 1. The lowest BCUT2D eigenvalue weighted by Gasteiger charge is -2.26. The highest BCUT2D eigenvalue weighted by molar-refractivity contribution is 6.52. The molecule has 0 bridgehead atoms. The molecule has 0 saturated carbocycles. The van der Waals surface area contributed by atoms with Crippen LogP contribution in [0.25, 0.3) is 5.76 Å². The summed E-state index contributed by atoms with van der Waals surface area (Å²) in [6, 6.07) is 12.1. The van der Waals surface area contributed by atoms with Crippen molar-refractivity contribution >= 4 is 57.9 Å². The van der Waals surface area contributed by atoms with Crippen molar-refractivity contribution < 1.29 is 29.3 Å². The van der Waals surface area contributed by atoms with Crippen molar-refractivity contribution in [2.24, 2.45) is 0 Å². The molecule has 1 unspecified atom stereocenters. The van der Waals surface area contributed by atoms with Crippen LogP contribution in [0.15, 0.2) is 60.2 Å². The number of aromatic hydroxyl groups is 1. The smallest absolute Gasteiger partial charge is 0.300 e. The van der Waals surface area contributed by atoms with Crippen molar-refractivity contribution in [2.45, 2.75) is 6.04 Å². The highest BCUT2D eigenvalue weighted by Gasteiger charge is 2.47. The van der Waals surface area contributed by atoms with E-state index in [2.05, 4.69) is 0 Å². The molecule has 7 nitrogen and oxygen atoms in total. The lowest BCUT2D eigenvalue weighted by atomic mass is 9.94. The van der Waals surface area contributed by atoms with Gasteiger partial charge in [0.05, 0.1) is 36.4 Å². The van der Waals surface area contributed by atoms with Gasteiger partial charge in [0.25, 0.3) is 11.7 Å². The zero-order valence-electron chi connectivity index (χ0n) is 18.4. The predicted molar refractivity (Wildman–Crippen MR) is 134 cm³/mol. The van der Waals surface area contributed by atoms with Gasteiger partial charge in [-0.15, -0.1) is 0 Å². The van der Waals surface area contributed by atoms with Crippen molar-refractivity contribution in [2.75, 3.05) is 19.1 Å². The third-order valence-corrected chi connectivity index (χ3v) is 6.22. The second kappa shape index (κ2) is 9.70. The number of Topliss-reactive ketones (excluding diaryl/α,β-unsaturated/α-hetero) is 1. The standard InChI is InChI=1S/C25H18Cl3NO6/c1-34-19-11-20(35-2)18(28)10-17(19)23(31)21-22(12-4-3-5-16(30)6-12)29(25(33)24(21)32)15-8-13(26)7-14(27)9-15/h3-11,22,30-31H,1-2H3/b23-21+. The Morgan fingerprint density at radius 2 is 1.57 bits per heavy atom. The molecule has 2 N–H and O–H groups in total. The molecule has 0 radical (unpaired) electrons. The molecule has 0 aromatic heterocycles. The van der Waals surface area contributed by atoms with Gasteiger partial charge in [0.2, 0.25) is 0 Å².